The number of nitrogens with zero attached hydrogens (tertiary/aromatic N) is 3. The van der Waals surface area contributed by atoms with Crippen molar-refractivity contribution in [2.24, 2.45) is 5.10 Å². The van der Waals surface area contributed by atoms with Crippen LogP contribution in [0.3, 0.4) is 0 Å². The van der Waals surface area contributed by atoms with Gasteiger partial charge in [-0.3, -0.25) is 24.6 Å². The van der Waals surface area contributed by atoms with Gasteiger partial charge in [0.25, 0.3) is 5.91 Å². The third kappa shape index (κ3) is 20.0. The van der Waals surface area contributed by atoms with E-state index in [1.165, 1.54) is 37.7 Å². The highest BCUT2D eigenvalue weighted by atomic mass is 32.3. The summed E-state index contributed by atoms with van der Waals surface area (Å²) >= 11 is 0. The lowest BCUT2D eigenvalue weighted by molar-refractivity contribution is -0.137. The number of benzene rings is 4. The molecule has 0 saturated heterocycles. The van der Waals surface area contributed by atoms with E-state index in [1.54, 1.807) is 36.4 Å². The van der Waals surface area contributed by atoms with Crippen LogP contribution in [0.15, 0.2) is 144 Å². The molecule has 4 aromatic carbocycles. The fourth-order valence-corrected chi connectivity index (χ4v) is 8.58. The van der Waals surface area contributed by atoms with E-state index in [0.29, 0.717) is 62.0 Å². The maximum absolute atomic E-state index is 13.2. The first-order valence-corrected chi connectivity index (χ1v) is 26.9. The molecule has 2 heterocycles. The number of hydrogen-bond acceptors (Lipinski definition) is 15. The van der Waals surface area contributed by atoms with Crippen molar-refractivity contribution in [3.8, 4) is 39.8 Å². The molecule has 8 N–H and O–H groups in total. The molecule has 19 nitrogen and oxygen atoms in total. The fraction of sp³-hybridized carbons (Fsp3) is 0.316. The van der Waals surface area contributed by atoms with Gasteiger partial charge in [0.1, 0.15) is 34.2 Å². The number of carboxylic acids is 1. The van der Waals surface area contributed by atoms with Crippen LogP contribution in [0.4, 0.5) is 5.82 Å². The smallest absolute Gasteiger partial charge is 0.303 e. The topological polar surface area (TPSA) is 272 Å². The van der Waals surface area contributed by atoms with Gasteiger partial charge in [-0.05, 0) is 98.9 Å². The van der Waals surface area contributed by atoms with Crippen LogP contribution in [0, 0.1) is 0 Å². The maximum Gasteiger partial charge on any atom is 0.303 e. The number of unbranched alkanes of at least 4 members (excludes halogenated alkanes) is 3. The van der Waals surface area contributed by atoms with Gasteiger partial charge < -0.3 is 53.7 Å². The first-order chi connectivity index (χ1) is 37.4. The van der Waals surface area contributed by atoms with Gasteiger partial charge in [0, 0.05) is 62.0 Å². The predicted octanol–water partition coefficient (Wildman–Crippen LogP) is 9.49. The highest BCUT2D eigenvalue weighted by Crippen LogP contribution is 2.45. The molecule has 2 aromatic heterocycles. The zero-order chi connectivity index (χ0) is 54.7. The Kier molecular flexibility index (Phi) is 23.7. The number of pyridine rings is 2. The molecule has 3 amide bonds. The first-order valence-electron chi connectivity index (χ1n) is 25.4. The second-order valence-corrected chi connectivity index (χ2v) is 19.1. The van der Waals surface area contributed by atoms with E-state index in [0.717, 1.165) is 41.6 Å². The molecule has 0 bridgehead atoms. The number of carboxylic acid groups (broad SMARTS) is 1. The number of methoxy groups -OCH3 is 1. The molecule has 77 heavy (non-hydrogen) atoms. The Morgan fingerprint density at radius 2 is 1.36 bits per heavy atom. The van der Waals surface area contributed by atoms with Gasteiger partial charge in [0.05, 0.1) is 48.8 Å². The van der Waals surface area contributed by atoms with Gasteiger partial charge >= 0.3 is 5.97 Å². The summed E-state index contributed by atoms with van der Waals surface area (Å²) in [5.74, 6) is -0.156. The van der Waals surface area contributed by atoms with Gasteiger partial charge in [0.15, 0.2) is 0 Å². The van der Waals surface area contributed by atoms with Crippen LogP contribution in [-0.2, 0) is 25.5 Å². The highest BCUT2D eigenvalue weighted by Gasteiger charge is 2.22. The minimum atomic E-state index is -3.96. The van der Waals surface area contributed by atoms with Crippen molar-refractivity contribution < 1.29 is 56.9 Å². The number of aromatic nitrogens is 2. The third-order valence-electron chi connectivity index (χ3n) is 11.9. The van der Waals surface area contributed by atoms with E-state index in [1.807, 2.05) is 54.6 Å². The summed E-state index contributed by atoms with van der Waals surface area (Å²) in [4.78, 5) is 59.6. The lowest BCUT2D eigenvalue weighted by Gasteiger charge is -2.20. The number of carbonyl (C=O) groups excluding carboxylic acids is 3. The Bertz CT molecular complexity index is 2780. The number of carbonyl (C=O) groups is 4. The van der Waals surface area contributed by atoms with Gasteiger partial charge in [-0.2, -0.15) is 5.10 Å². The first kappa shape index (κ1) is 58.4. The summed E-state index contributed by atoms with van der Waals surface area (Å²) in [5, 5.41) is 22.0. The number of rotatable bonds is 33. The molecule has 6 aromatic rings. The van der Waals surface area contributed by atoms with E-state index < -0.39 is 34.7 Å². The Hall–Kier alpha value is -7.88. The van der Waals surface area contributed by atoms with Gasteiger partial charge in [-0.25, -0.2) is 9.97 Å². The molecule has 20 heteroatoms. The summed E-state index contributed by atoms with van der Waals surface area (Å²) in [6, 6.07) is 37.7. The molecule has 0 radical (unpaired) electrons. The average molecular weight is 1070 g/mol. The summed E-state index contributed by atoms with van der Waals surface area (Å²) in [6.45, 7) is 1.98. The molecule has 6 rings (SSSR count). The van der Waals surface area contributed by atoms with Crippen LogP contribution in [-0.4, -0.2) is 111 Å². The van der Waals surface area contributed by atoms with Crippen LogP contribution in [0.25, 0.3) is 22.4 Å². The lowest BCUT2D eigenvalue weighted by atomic mass is 10.0. The SMILES string of the molecule is COCCNC(=O)C(CCCCNC(=O)CCCOc1cccc(OCCCCCOc2cc(-c3ccccc3)cc(-c3ccccc3)n2)c1CCC(=O)O)NC(=O)c1ccc(N/N=C\c2ccccc2S(O)(O)O)nc1. The number of amides is 3. The van der Waals surface area contributed by atoms with Gasteiger partial charge in [0.2, 0.25) is 17.7 Å². The predicted molar refractivity (Wildman–Crippen MR) is 296 cm³/mol. The summed E-state index contributed by atoms with van der Waals surface area (Å²) in [6.07, 6.45) is 6.97. The van der Waals surface area contributed by atoms with E-state index in [2.05, 4.69) is 49.7 Å². The average Bonchev–Trinajstić information content (AvgIpc) is 3.44. The van der Waals surface area contributed by atoms with Crippen molar-refractivity contribution in [3.05, 3.63) is 150 Å². The van der Waals surface area contributed by atoms with Crippen molar-refractivity contribution in [1.82, 2.24) is 25.9 Å². The molecular formula is C57H67N7O12S. The van der Waals surface area contributed by atoms with Crippen LogP contribution >= 0.6 is 10.9 Å². The molecule has 0 aliphatic carbocycles. The molecule has 1 unspecified atom stereocenters. The molecular weight excluding hydrogens is 1010 g/mol. The van der Waals surface area contributed by atoms with Crippen LogP contribution in [0.5, 0.6) is 17.4 Å². The van der Waals surface area contributed by atoms with Crippen molar-refractivity contribution in [3.63, 3.8) is 0 Å². The van der Waals surface area contributed by atoms with Crippen molar-refractivity contribution >= 4 is 46.6 Å². The molecule has 0 saturated carbocycles. The zero-order valence-electron chi connectivity index (χ0n) is 43.0. The van der Waals surface area contributed by atoms with Crippen molar-refractivity contribution in [1.29, 1.82) is 0 Å². The largest absolute Gasteiger partial charge is 0.493 e. The maximum atomic E-state index is 13.2. The quantitative estimate of drug-likeness (QED) is 0.0108. The second kappa shape index (κ2) is 31.2. The molecule has 1 atom stereocenters. The minimum absolute atomic E-state index is 0.0907. The van der Waals surface area contributed by atoms with E-state index in [-0.39, 0.29) is 73.2 Å². The van der Waals surface area contributed by atoms with Gasteiger partial charge in [-0.15, -0.1) is 0 Å². The zero-order valence-corrected chi connectivity index (χ0v) is 43.8. The Morgan fingerprint density at radius 3 is 2.05 bits per heavy atom. The molecule has 0 spiro atoms. The third-order valence-corrected chi connectivity index (χ3v) is 12.8. The van der Waals surface area contributed by atoms with Gasteiger partial charge in [-0.1, -0.05) is 84.9 Å². The molecule has 0 aliphatic heterocycles. The van der Waals surface area contributed by atoms with E-state index in [9.17, 15) is 37.9 Å². The number of aliphatic carboxylic acids is 1. The number of anilines is 1. The number of nitrogens with one attached hydrogen (secondary N) is 4. The number of hydrazone groups is 1. The number of hydrogen-bond donors (Lipinski definition) is 8. The van der Waals surface area contributed by atoms with Crippen molar-refractivity contribution in [2.75, 3.05) is 52.1 Å². The Morgan fingerprint density at radius 1 is 0.675 bits per heavy atom. The Balaban J connectivity index is 0.900. The normalized spacial score (nSPS) is 11.8. The standard InChI is InChI=1S/C57H67N7O12S/c1-73-36-32-59-57(69)47(63-56(68)44-27-29-52(60-39-44)64-61-40-43-21-9-10-25-51(43)77(70,71)72)22-11-12-31-58-53(65)26-16-35-75-50-24-15-23-49(46(50)28-30-55(66)67)74-33-13-4-14-34-76-54-38-45(41-17-5-2-6-18-41)37-48(62-54)42-19-7-3-8-20-42/h2-3,5-10,15,17-21,23-25,27,29,37-40,47,70-72H,4,11-14,16,22,26,28,30-36H2,1H3,(H,58,65)(H,59,69)(H,60,64)(H,63,68)(H,66,67)/b61-40-. The Labute approximate surface area is 450 Å². The van der Waals surface area contributed by atoms with Crippen LogP contribution < -0.4 is 35.6 Å². The molecule has 0 aliphatic rings. The second-order valence-electron chi connectivity index (χ2n) is 17.7. The minimum Gasteiger partial charge on any atom is -0.493 e. The number of ether oxygens (including phenoxy) is 4. The summed E-state index contributed by atoms with van der Waals surface area (Å²) in [7, 11) is -2.45. The monoisotopic (exact) mass is 1070 g/mol. The summed E-state index contributed by atoms with van der Waals surface area (Å²) in [5.41, 5.74) is 7.73. The molecule has 408 valence electrons. The van der Waals surface area contributed by atoms with E-state index >= 15 is 0 Å². The van der Waals surface area contributed by atoms with Crippen LogP contribution in [0.1, 0.15) is 79.3 Å². The van der Waals surface area contributed by atoms with Crippen molar-refractivity contribution in [2.45, 2.75) is 75.1 Å². The van der Waals surface area contributed by atoms with E-state index in [4.69, 9.17) is 23.9 Å². The molecule has 0 fully saturated rings. The fourth-order valence-electron chi connectivity index (χ4n) is 7.88. The lowest BCUT2D eigenvalue weighted by Crippen LogP contribution is -2.47. The highest BCUT2D eigenvalue weighted by molar-refractivity contribution is 8.19. The summed E-state index contributed by atoms with van der Waals surface area (Å²) < 4.78 is 52.5. The van der Waals surface area contributed by atoms with Crippen LogP contribution in [0.2, 0.25) is 0 Å².